The average molecular weight is 299 g/mol. The molecule has 0 aromatic heterocycles. The van der Waals surface area contributed by atoms with Gasteiger partial charge in [-0.15, -0.1) is 0 Å². The van der Waals surface area contributed by atoms with Crippen molar-refractivity contribution in [2.75, 3.05) is 26.7 Å². The lowest BCUT2D eigenvalue weighted by molar-refractivity contribution is -0.126. The van der Waals surface area contributed by atoms with Crippen molar-refractivity contribution >= 4 is 17.8 Å². The minimum Gasteiger partial charge on any atom is -0.388 e. The van der Waals surface area contributed by atoms with Gasteiger partial charge in [0.1, 0.15) is 6.54 Å². The van der Waals surface area contributed by atoms with E-state index in [0.717, 1.165) is 0 Å². The second-order valence-electron chi connectivity index (χ2n) is 5.50. The van der Waals surface area contributed by atoms with Crippen LogP contribution in [0.2, 0.25) is 0 Å². The lowest BCUT2D eigenvalue weighted by atomic mass is 9.97. The molecule has 0 bridgehead atoms. The maximum Gasteiger partial charge on any atom is 0.326 e. The summed E-state index contributed by atoms with van der Waals surface area (Å²) in [6.07, 6.45) is 1.80. The van der Waals surface area contributed by atoms with Crippen molar-refractivity contribution in [2.24, 2.45) is 0 Å². The summed E-state index contributed by atoms with van der Waals surface area (Å²) in [5.74, 6) is -0.406. The molecule has 1 saturated heterocycles. The second-order valence-corrected chi connectivity index (χ2v) is 5.50. The molecule has 0 aromatic carbocycles. The minimum atomic E-state index is -0.862. The van der Waals surface area contributed by atoms with Gasteiger partial charge in [0.2, 0.25) is 11.8 Å². The largest absolute Gasteiger partial charge is 0.388 e. The van der Waals surface area contributed by atoms with Gasteiger partial charge in [0.25, 0.3) is 0 Å². The first kappa shape index (κ1) is 17.4. The number of hydrogen-bond acceptors (Lipinski definition) is 4. The molecule has 0 saturated carbocycles. The van der Waals surface area contributed by atoms with E-state index < -0.39 is 5.60 Å². The highest BCUT2D eigenvalue weighted by Gasteiger charge is 2.32. The van der Waals surface area contributed by atoms with E-state index >= 15 is 0 Å². The molecule has 0 unspecified atom stereocenters. The molecule has 1 fully saturated rings. The third kappa shape index (κ3) is 4.70. The van der Waals surface area contributed by atoms with Crippen LogP contribution in [0.1, 0.15) is 39.5 Å². The Morgan fingerprint density at radius 2 is 1.95 bits per heavy atom. The Morgan fingerprint density at radius 1 is 1.33 bits per heavy atom. The standard InChI is InChI=1S/C14H25N3O4/c1-4-14(21,5-2)10-15-11(18)7-6-8-17-12(19)9-16(3)13(17)20/h21H,4-10H2,1-3H3,(H,15,18). The van der Waals surface area contributed by atoms with Gasteiger partial charge in [-0.3, -0.25) is 14.5 Å². The van der Waals surface area contributed by atoms with E-state index in [0.29, 0.717) is 19.3 Å². The number of carbonyl (C=O) groups excluding carboxylic acids is 3. The van der Waals surface area contributed by atoms with Crippen molar-refractivity contribution in [3.8, 4) is 0 Å². The van der Waals surface area contributed by atoms with E-state index in [1.807, 2.05) is 13.8 Å². The first-order chi connectivity index (χ1) is 9.83. The van der Waals surface area contributed by atoms with Gasteiger partial charge < -0.3 is 15.3 Å². The highest BCUT2D eigenvalue weighted by atomic mass is 16.3. The Labute approximate surface area is 125 Å². The molecule has 1 aliphatic rings. The average Bonchev–Trinajstić information content (AvgIpc) is 2.71. The third-order valence-corrected chi connectivity index (χ3v) is 3.95. The zero-order valence-electron chi connectivity index (χ0n) is 13.0. The highest BCUT2D eigenvalue weighted by molar-refractivity contribution is 6.01. The van der Waals surface area contributed by atoms with Crippen LogP contribution in [-0.2, 0) is 9.59 Å². The predicted molar refractivity (Wildman–Crippen MR) is 77.5 cm³/mol. The van der Waals surface area contributed by atoms with Gasteiger partial charge in [-0.05, 0) is 19.3 Å². The van der Waals surface area contributed by atoms with Gasteiger partial charge in [0.15, 0.2) is 0 Å². The van der Waals surface area contributed by atoms with Crippen LogP contribution in [0.25, 0.3) is 0 Å². The molecule has 1 rings (SSSR count). The molecule has 0 radical (unpaired) electrons. The zero-order valence-corrected chi connectivity index (χ0v) is 13.0. The monoisotopic (exact) mass is 299 g/mol. The Balaban J connectivity index is 2.28. The molecule has 4 amide bonds. The fourth-order valence-electron chi connectivity index (χ4n) is 2.14. The topological polar surface area (TPSA) is 89.9 Å². The summed E-state index contributed by atoms with van der Waals surface area (Å²) in [5.41, 5.74) is -0.862. The Bertz CT molecular complexity index is 407. The smallest absolute Gasteiger partial charge is 0.326 e. The molecule has 120 valence electrons. The number of imide groups is 1. The van der Waals surface area contributed by atoms with Crippen molar-refractivity contribution in [2.45, 2.75) is 45.1 Å². The lowest BCUT2D eigenvalue weighted by Gasteiger charge is -2.25. The first-order valence-electron chi connectivity index (χ1n) is 7.37. The number of nitrogens with one attached hydrogen (secondary N) is 1. The molecule has 0 atom stereocenters. The van der Waals surface area contributed by atoms with Crippen LogP contribution < -0.4 is 5.32 Å². The van der Waals surface area contributed by atoms with Gasteiger partial charge in [-0.2, -0.15) is 0 Å². The molecule has 0 aromatic rings. The number of aliphatic hydroxyl groups is 1. The third-order valence-electron chi connectivity index (χ3n) is 3.95. The summed E-state index contributed by atoms with van der Waals surface area (Å²) >= 11 is 0. The highest BCUT2D eigenvalue weighted by Crippen LogP contribution is 2.13. The normalized spacial score (nSPS) is 15.8. The second kappa shape index (κ2) is 7.40. The van der Waals surface area contributed by atoms with Gasteiger partial charge in [0.05, 0.1) is 5.60 Å². The summed E-state index contributed by atoms with van der Waals surface area (Å²) in [5, 5.41) is 12.8. The summed E-state index contributed by atoms with van der Waals surface area (Å²) in [7, 11) is 1.57. The summed E-state index contributed by atoms with van der Waals surface area (Å²) in [4.78, 5) is 37.4. The van der Waals surface area contributed by atoms with Gasteiger partial charge >= 0.3 is 6.03 Å². The number of rotatable bonds is 8. The minimum absolute atomic E-state index is 0.102. The van der Waals surface area contributed by atoms with Crippen LogP contribution in [0.5, 0.6) is 0 Å². The summed E-state index contributed by atoms with van der Waals surface area (Å²) in [6, 6.07) is -0.313. The first-order valence-corrected chi connectivity index (χ1v) is 7.37. The molecular weight excluding hydrogens is 274 g/mol. The SMILES string of the molecule is CCC(O)(CC)CNC(=O)CCCN1C(=O)CN(C)C1=O. The van der Waals surface area contributed by atoms with Crippen molar-refractivity contribution in [1.29, 1.82) is 0 Å². The number of hydrogen-bond donors (Lipinski definition) is 2. The summed E-state index contributed by atoms with van der Waals surface area (Å²) < 4.78 is 0. The fourth-order valence-corrected chi connectivity index (χ4v) is 2.14. The molecular formula is C14H25N3O4. The van der Waals surface area contributed by atoms with Crippen LogP contribution in [-0.4, -0.2) is 65.0 Å². The number of amides is 4. The number of nitrogens with zero attached hydrogens (tertiary/aromatic N) is 2. The molecule has 1 aliphatic heterocycles. The maximum atomic E-state index is 11.7. The number of likely N-dealkylation sites (N-methyl/N-ethyl adjacent to an activating group) is 1. The Hall–Kier alpha value is -1.63. The van der Waals surface area contributed by atoms with Crippen molar-refractivity contribution < 1.29 is 19.5 Å². The van der Waals surface area contributed by atoms with E-state index in [-0.39, 0.29) is 43.9 Å². The van der Waals surface area contributed by atoms with Crippen LogP contribution in [0, 0.1) is 0 Å². The predicted octanol–water partition coefficient (Wildman–Crippen LogP) is 0.328. The summed E-state index contributed by atoms with van der Waals surface area (Å²) in [6.45, 7) is 4.32. The number of urea groups is 1. The van der Waals surface area contributed by atoms with Crippen LogP contribution >= 0.6 is 0 Å². The van der Waals surface area contributed by atoms with E-state index in [9.17, 15) is 19.5 Å². The van der Waals surface area contributed by atoms with Gasteiger partial charge in [0, 0.05) is 26.6 Å². The lowest BCUT2D eigenvalue weighted by Crippen LogP contribution is -2.42. The van der Waals surface area contributed by atoms with Crippen molar-refractivity contribution in [3.63, 3.8) is 0 Å². The molecule has 21 heavy (non-hydrogen) atoms. The van der Waals surface area contributed by atoms with Crippen molar-refractivity contribution in [3.05, 3.63) is 0 Å². The maximum absolute atomic E-state index is 11.7. The zero-order chi connectivity index (χ0) is 16.0. The Kier molecular flexibility index (Phi) is 6.14. The number of carbonyl (C=O) groups is 3. The van der Waals surface area contributed by atoms with Crippen LogP contribution in [0.15, 0.2) is 0 Å². The van der Waals surface area contributed by atoms with E-state index in [4.69, 9.17) is 0 Å². The quantitative estimate of drug-likeness (QED) is 0.632. The fraction of sp³-hybridized carbons (Fsp3) is 0.786. The van der Waals surface area contributed by atoms with Gasteiger partial charge in [-0.1, -0.05) is 13.8 Å². The van der Waals surface area contributed by atoms with Crippen LogP contribution in [0.4, 0.5) is 4.79 Å². The van der Waals surface area contributed by atoms with E-state index in [2.05, 4.69) is 5.32 Å². The Morgan fingerprint density at radius 3 is 2.43 bits per heavy atom. The molecule has 2 N–H and O–H groups in total. The van der Waals surface area contributed by atoms with Gasteiger partial charge in [-0.25, -0.2) is 4.79 Å². The molecule has 7 heteroatoms. The molecule has 7 nitrogen and oxygen atoms in total. The van der Waals surface area contributed by atoms with Crippen molar-refractivity contribution in [1.82, 2.24) is 15.1 Å². The molecule has 1 heterocycles. The molecule has 0 spiro atoms. The van der Waals surface area contributed by atoms with E-state index in [1.165, 1.54) is 9.80 Å². The van der Waals surface area contributed by atoms with Crippen LogP contribution in [0.3, 0.4) is 0 Å². The van der Waals surface area contributed by atoms with E-state index in [1.54, 1.807) is 7.05 Å². The molecule has 0 aliphatic carbocycles.